The Bertz CT molecular complexity index is 829. The van der Waals surface area contributed by atoms with Crippen LogP contribution < -0.4 is 11.1 Å². The van der Waals surface area contributed by atoms with Gasteiger partial charge in [0.15, 0.2) is 0 Å². The molecule has 0 bridgehead atoms. The number of hydrogen-bond donors (Lipinski definition) is 3. The molecule has 160 valence electrons. The normalized spacial score (nSPS) is 31.4. The van der Waals surface area contributed by atoms with E-state index in [0.717, 1.165) is 31.2 Å². The molecule has 1 aliphatic carbocycles. The fourth-order valence-corrected chi connectivity index (χ4v) is 5.24. The number of benzene rings is 2. The standard InChI is InChI=1S/C25H32N2O3/c26-16-24(29)27-17-25(19-9-5-2-6-10-19)13-11-20-21(28)15-23(30-22(20)12-14-25)18-7-3-1-4-8-18/h1-10,20-23,28H,11-17,26H2,(H,27,29)/t20-,21+,22+,23+,25+/m1/s1. The van der Waals surface area contributed by atoms with Crippen LogP contribution >= 0.6 is 0 Å². The number of carbonyl (C=O) groups is 1. The molecule has 4 N–H and O–H groups in total. The first-order chi connectivity index (χ1) is 14.6. The summed E-state index contributed by atoms with van der Waals surface area (Å²) < 4.78 is 6.54. The molecule has 5 atom stereocenters. The third-order valence-electron chi connectivity index (χ3n) is 7.00. The van der Waals surface area contributed by atoms with Gasteiger partial charge in [-0.3, -0.25) is 4.79 Å². The minimum absolute atomic E-state index is 0.00327. The Morgan fingerprint density at radius 3 is 2.43 bits per heavy atom. The van der Waals surface area contributed by atoms with Crippen LogP contribution in [0.15, 0.2) is 60.7 Å². The zero-order valence-electron chi connectivity index (χ0n) is 17.4. The summed E-state index contributed by atoms with van der Waals surface area (Å²) in [4.78, 5) is 11.9. The molecule has 30 heavy (non-hydrogen) atoms. The SMILES string of the molecule is NCC(=O)NC[C@]1(c2ccccc2)CC[C@H]2[C@H](CC1)O[C@H](c1ccccc1)C[C@@H]2O. The number of hydrogen-bond acceptors (Lipinski definition) is 4. The molecule has 4 rings (SSSR count). The lowest BCUT2D eigenvalue weighted by Crippen LogP contribution is -2.42. The Labute approximate surface area is 178 Å². The lowest BCUT2D eigenvalue weighted by molar-refractivity contribution is -0.139. The highest BCUT2D eigenvalue weighted by molar-refractivity contribution is 5.77. The van der Waals surface area contributed by atoms with Crippen molar-refractivity contribution in [2.45, 2.75) is 55.8 Å². The van der Waals surface area contributed by atoms with Crippen molar-refractivity contribution >= 4 is 5.91 Å². The quantitative estimate of drug-likeness (QED) is 0.710. The van der Waals surface area contributed by atoms with Crippen LogP contribution in [0.4, 0.5) is 0 Å². The molecule has 0 unspecified atom stereocenters. The van der Waals surface area contributed by atoms with E-state index in [1.165, 1.54) is 5.56 Å². The van der Waals surface area contributed by atoms with Crippen LogP contribution in [-0.2, 0) is 14.9 Å². The summed E-state index contributed by atoms with van der Waals surface area (Å²) in [5.41, 5.74) is 7.71. The number of nitrogens with one attached hydrogen (secondary N) is 1. The minimum atomic E-state index is -0.376. The van der Waals surface area contributed by atoms with E-state index in [2.05, 4.69) is 41.7 Å². The second-order valence-electron chi connectivity index (χ2n) is 8.75. The van der Waals surface area contributed by atoms with Gasteiger partial charge >= 0.3 is 0 Å². The molecule has 1 saturated heterocycles. The number of aliphatic hydroxyl groups excluding tert-OH is 1. The van der Waals surface area contributed by atoms with Crippen LogP contribution in [0.1, 0.15) is 49.3 Å². The highest BCUT2D eigenvalue weighted by Crippen LogP contribution is 2.46. The second kappa shape index (κ2) is 9.29. The maximum absolute atomic E-state index is 11.9. The molecule has 0 aromatic heterocycles. The van der Waals surface area contributed by atoms with Gasteiger partial charge in [0.1, 0.15) is 0 Å². The smallest absolute Gasteiger partial charge is 0.233 e. The fraction of sp³-hybridized carbons (Fsp3) is 0.480. The third kappa shape index (κ3) is 4.43. The van der Waals surface area contributed by atoms with E-state index in [9.17, 15) is 9.90 Å². The number of ether oxygens (including phenoxy) is 1. The van der Waals surface area contributed by atoms with Crippen molar-refractivity contribution in [3.8, 4) is 0 Å². The molecule has 1 saturated carbocycles. The third-order valence-corrected chi connectivity index (χ3v) is 7.00. The molecule has 2 aliphatic rings. The summed E-state index contributed by atoms with van der Waals surface area (Å²) in [7, 11) is 0. The van der Waals surface area contributed by atoms with Gasteiger partial charge < -0.3 is 20.9 Å². The summed E-state index contributed by atoms with van der Waals surface area (Å²) in [5.74, 6) is -0.00634. The van der Waals surface area contributed by atoms with Gasteiger partial charge in [-0.05, 0) is 36.8 Å². The van der Waals surface area contributed by atoms with Crippen molar-refractivity contribution in [2.75, 3.05) is 13.1 Å². The van der Waals surface area contributed by atoms with E-state index < -0.39 is 0 Å². The molecule has 2 fully saturated rings. The van der Waals surface area contributed by atoms with Gasteiger partial charge in [-0.15, -0.1) is 0 Å². The fourth-order valence-electron chi connectivity index (χ4n) is 5.24. The van der Waals surface area contributed by atoms with E-state index in [1.807, 2.05) is 24.3 Å². The molecule has 0 radical (unpaired) electrons. The van der Waals surface area contributed by atoms with Crippen molar-refractivity contribution in [1.82, 2.24) is 5.32 Å². The van der Waals surface area contributed by atoms with Crippen LogP contribution in [0.2, 0.25) is 0 Å². The van der Waals surface area contributed by atoms with Crippen LogP contribution in [0.25, 0.3) is 0 Å². The molecular formula is C25H32N2O3. The Kier molecular flexibility index (Phi) is 6.52. The largest absolute Gasteiger partial charge is 0.393 e. The van der Waals surface area contributed by atoms with Crippen molar-refractivity contribution in [3.05, 3.63) is 71.8 Å². The predicted molar refractivity (Wildman–Crippen MR) is 117 cm³/mol. The summed E-state index contributed by atoms with van der Waals surface area (Å²) in [5, 5.41) is 14.0. The number of amides is 1. The van der Waals surface area contributed by atoms with Crippen molar-refractivity contribution in [3.63, 3.8) is 0 Å². The molecule has 1 heterocycles. The maximum atomic E-state index is 11.9. The number of fused-ring (bicyclic) bond motifs is 1. The predicted octanol–water partition coefficient (Wildman–Crippen LogP) is 3.08. The van der Waals surface area contributed by atoms with Gasteiger partial charge in [-0.25, -0.2) is 0 Å². The van der Waals surface area contributed by atoms with Crippen LogP contribution in [0, 0.1) is 5.92 Å². The zero-order valence-corrected chi connectivity index (χ0v) is 17.4. The first kappa shape index (κ1) is 21.0. The Balaban J connectivity index is 1.56. The lowest BCUT2D eigenvalue weighted by atomic mass is 9.74. The second-order valence-corrected chi connectivity index (χ2v) is 8.75. The maximum Gasteiger partial charge on any atom is 0.233 e. The molecule has 1 amide bonds. The molecular weight excluding hydrogens is 376 g/mol. The van der Waals surface area contributed by atoms with E-state index in [0.29, 0.717) is 13.0 Å². The number of aliphatic hydroxyl groups is 1. The molecule has 1 aliphatic heterocycles. The van der Waals surface area contributed by atoms with Gasteiger partial charge in [0.05, 0.1) is 24.9 Å². The average Bonchev–Trinajstić information content (AvgIpc) is 2.99. The van der Waals surface area contributed by atoms with Gasteiger partial charge in [0.25, 0.3) is 0 Å². The summed E-state index contributed by atoms with van der Waals surface area (Å²) >= 11 is 0. The lowest BCUT2D eigenvalue weighted by Gasteiger charge is -2.39. The zero-order chi connectivity index (χ0) is 21.0. The van der Waals surface area contributed by atoms with Gasteiger partial charge in [-0.2, -0.15) is 0 Å². The minimum Gasteiger partial charge on any atom is -0.393 e. The van der Waals surface area contributed by atoms with E-state index in [-0.39, 0.29) is 42.1 Å². The van der Waals surface area contributed by atoms with Crippen molar-refractivity contribution < 1.29 is 14.6 Å². The van der Waals surface area contributed by atoms with Gasteiger partial charge in [0, 0.05) is 24.3 Å². The number of carbonyl (C=O) groups excluding carboxylic acids is 1. The summed E-state index contributed by atoms with van der Waals surface area (Å²) in [6.45, 7) is 0.557. The topological polar surface area (TPSA) is 84.6 Å². The molecule has 5 nitrogen and oxygen atoms in total. The highest BCUT2D eigenvalue weighted by atomic mass is 16.5. The van der Waals surface area contributed by atoms with Crippen LogP contribution in [0.5, 0.6) is 0 Å². The first-order valence-corrected chi connectivity index (χ1v) is 11.0. The summed E-state index contributed by atoms with van der Waals surface area (Å²) in [6, 6.07) is 20.6. The van der Waals surface area contributed by atoms with E-state index in [4.69, 9.17) is 10.5 Å². The Hall–Kier alpha value is -2.21. The molecule has 2 aromatic rings. The first-order valence-electron chi connectivity index (χ1n) is 11.0. The molecule has 2 aromatic carbocycles. The van der Waals surface area contributed by atoms with Crippen LogP contribution in [-0.4, -0.2) is 36.3 Å². The van der Waals surface area contributed by atoms with Crippen molar-refractivity contribution in [2.24, 2.45) is 11.7 Å². The highest BCUT2D eigenvalue weighted by Gasteiger charge is 2.44. The summed E-state index contributed by atoms with van der Waals surface area (Å²) in [6.07, 6.45) is 3.75. The van der Waals surface area contributed by atoms with E-state index in [1.54, 1.807) is 0 Å². The monoisotopic (exact) mass is 408 g/mol. The van der Waals surface area contributed by atoms with E-state index >= 15 is 0 Å². The van der Waals surface area contributed by atoms with Crippen molar-refractivity contribution in [1.29, 1.82) is 0 Å². The Morgan fingerprint density at radius 2 is 1.73 bits per heavy atom. The molecule has 5 heteroatoms. The Morgan fingerprint density at radius 1 is 1.07 bits per heavy atom. The number of nitrogens with two attached hydrogens (primary N) is 1. The molecule has 0 spiro atoms. The number of rotatable bonds is 5. The van der Waals surface area contributed by atoms with Gasteiger partial charge in [0.2, 0.25) is 5.91 Å². The van der Waals surface area contributed by atoms with Gasteiger partial charge in [-0.1, -0.05) is 60.7 Å². The van der Waals surface area contributed by atoms with Crippen LogP contribution in [0.3, 0.4) is 0 Å². The average molecular weight is 409 g/mol.